The molecule has 5 heteroatoms. The van der Waals surface area contributed by atoms with Crippen LogP contribution in [-0.2, 0) is 15.9 Å². The summed E-state index contributed by atoms with van der Waals surface area (Å²) in [7, 11) is 0. The van der Waals surface area contributed by atoms with Crippen LogP contribution in [0.15, 0.2) is 30.3 Å². The summed E-state index contributed by atoms with van der Waals surface area (Å²) in [6, 6.07) is 11.2. The zero-order valence-corrected chi connectivity index (χ0v) is 15.2. The lowest BCUT2D eigenvalue weighted by Gasteiger charge is -2.42. The number of benzene rings is 1. The van der Waals surface area contributed by atoms with Crippen molar-refractivity contribution in [2.45, 2.75) is 44.8 Å². The van der Waals surface area contributed by atoms with Gasteiger partial charge in [-0.05, 0) is 38.2 Å². The Morgan fingerprint density at radius 3 is 2.68 bits per heavy atom. The van der Waals surface area contributed by atoms with Gasteiger partial charge < -0.3 is 14.4 Å². The topological polar surface area (TPSA) is 42.0 Å². The van der Waals surface area contributed by atoms with Crippen LogP contribution in [0, 0.1) is 0 Å². The maximum absolute atomic E-state index is 11.8. The highest BCUT2D eigenvalue weighted by Crippen LogP contribution is 2.21. The van der Waals surface area contributed by atoms with Gasteiger partial charge in [0.15, 0.2) is 0 Å². The number of hydrogen-bond acceptors (Lipinski definition) is 4. The number of hydrogen-bond donors (Lipinski definition) is 0. The predicted octanol–water partition coefficient (Wildman–Crippen LogP) is 2.94. The number of morpholine rings is 1. The van der Waals surface area contributed by atoms with Crippen molar-refractivity contribution in [3.63, 3.8) is 0 Å². The first-order valence-electron chi connectivity index (χ1n) is 9.57. The second-order valence-corrected chi connectivity index (χ2v) is 6.93. The molecule has 138 valence electrons. The van der Waals surface area contributed by atoms with E-state index in [0.717, 1.165) is 58.5 Å². The highest BCUT2D eigenvalue weighted by molar-refractivity contribution is 5.67. The zero-order chi connectivity index (χ0) is 17.5. The van der Waals surface area contributed by atoms with E-state index in [-0.39, 0.29) is 6.09 Å². The molecule has 0 aromatic heterocycles. The van der Waals surface area contributed by atoms with Gasteiger partial charge in [-0.2, -0.15) is 0 Å². The molecule has 1 aromatic carbocycles. The van der Waals surface area contributed by atoms with E-state index in [1.807, 2.05) is 11.8 Å². The van der Waals surface area contributed by atoms with Gasteiger partial charge in [0.25, 0.3) is 0 Å². The lowest BCUT2D eigenvalue weighted by atomic mass is 10.0. The fourth-order valence-corrected chi connectivity index (χ4v) is 3.85. The Bertz CT molecular complexity index is 529. The predicted molar refractivity (Wildman–Crippen MR) is 97.7 cm³/mol. The Morgan fingerprint density at radius 1 is 1.20 bits per heavy atom. The molecule has 0 bridgehead atoms. The quantitative estimate of drug-likeness (QED) is 0.822. The molecule has 25 heavy (non-hydrogen) atoms. The molecule has 0 N–H and O–H groups in total. The van der Waals surface area contributed by atoms with Crippen molar-refractivity contribution < 1.29 is 14.3 Å². The van der Waals surface area contributed by atoms with Gasteiger partial charge in [-0.15, -0.1) is 0 Å². The first-order valence-corrected chi connectivity index (χ1v) is 9.57. The summed E-state index contributed by atoms with van der Waals surface area (Å²) in [6.07, 6.45) is 4.36. The fourth-order valence-electron chi connectivity index (χ4n) is 3.85. The summed E-state index contributed by atoms with van der Waals surface area (Å²) in [6.45, 7) is 6.74. The number of ether oxygens (including phenoxy) is 2. The molecule has 3 rings (SSSR count). The number of carbonyl (C=O) groups is 1. The number of piperidine rings is 1. The number of amides is 1. The third kappa shape index (κ3) is 5.19. The number of aryl methyl sites for hydroxylation is 1. The van der Waals surface area contributed by atoms with E-state index >= 15 is 0 Å². The Labute approximate surface area is 150 Å². The van der Waals surface area contributed by atoms with Crippen molar-refractivity contribution in [1.29, 1.82) is 0 Å². The minimum atomic E-state index is -0.163. The smallest absolute Gasteiger partial charge is 0.409 e. The molecule has 5 nitrogen and oxygen atoms in total. The molecule has 0 saturated carbocycles. The maximum Gasteiger partial charge on any atom is 0.409 e. The number of likely N-dealkylation sites (tertiary alicyclic amines) is 1. The van der Waals surface area contributed by atoms with Gasteiger partial charge in [-0.25, -0.2) is 4.79 Å². The van der Waals surface area contributed by atoms with Gasteiger partial charge in [0.05, 0.1) is 19.3 Å². The Kier molecular flexibility index (Phi) is 6.70. The van der Waals surface area contributed by atoms with Crippen molar-refractivity contribution in [2.24, 2.45) is 0 Å². The molecular formula is C20H30N2O3. The SMILES string of the molecule is CCOC(=O)N1CCC(N2CCOC(CCc3ccccc3)C2)CC1. The molecule has 2 saturated heterocycles. The molecular weight excluding hydrogens is 316 g/mol. The molecule has 2 aliphatic heterocycles. The minimum Gasteiger partial charge on any atom is -0.450 e. The molecule has 2 heterocycles. The average Bonchev–Trinajstić information content (AvgIpc) is 2.68. The first kappa shape index (κ1) is 18.2. The van der Waals surface area contributed by atoms with Crippen LogP contribution in [-0.4, -0.2) is 67.4 Å². The molecule has 2 aliphatic rings. The van der Waals surface area contributed by atoms with Crippen LogP contribution in [0.2, 0.25) is 0 Å². The largest absolute Gasteiger partial charge is 0.450 e. The average molecular weight is 346 g/mol. The maximum atomic E-state index is 11.8. The number of nitrogens with zero attached hydrogens (tertiary/aromatic N) is 2. The summed E-state index contributed by atoms with van der Waals surface area (Å²) in [5, 5.41) is 0. The van der Waals surface area contributed by atoms with Crippen molar-refractivity contribution >= 4 is 6.09 Å². The second kappa shape index (κ2) is 9.20. The van der Waals surface area contributed by atoms with Gasteiger partial charge >= 0.3 is 6.09 Å². The van der Waals surface area contributed by atoms with Crippen LogP contribution < -0.4 is 0 Å². The Morgan fingerprint density at radius 2 is 1.96 bits per heavy atom. The van der Waals surface area contributed by atoms with Gasteiger partial charge in [0.2, 0.25) is 0 Å². The van der Waals surface area contributed by atoms with Crippen molar-refractivity contribution in [3.8, 4) is 0 Å². The molecule has 1 atom stereocenters. The summed E-state index contributed by atoms with van der Waals surface area (Å²) in [5.41, 5.74) is 1.38. The summed E-state index contributed by atoms with van der Waals surface area (Å²) in [4.78, 5) is 16.2. The fraction of sp³-hybridized carbons (Fsp3) is 0.650. The van der Waals surface area contributed by atoms with E-state index in [4.69, 9.17) is 9.47 Å². The molecule has 0 radical (unpaired) electrons. The second-order valence-electron chi connectivity index (χ2n) is 6.93. The van der Waals surface area contributed by atoms with Crippen LogP contribution in [0.5, 0.6) is 0 Å². The zero-order valence-electron chi connectivity index (χ0n) is 15.2. The lowest BCUT2D eigenvalue weighted by molar-refractivity contribution is -0.0540. The third-order valence-corrected chi connectivity index (χ3v) is 5.27. The van der Waals surface area contributed by atoms with E-state index in [0.29, 0.717) is 18.8 Å². The van der Waals surface area contributed by atoms with Crippen molar-refractivity contribution in [1.82, 2.24) is 9.80 Å². The van der Waals surface area contributed by atoms with E-state index in [2.05, 4.69) is 35.2 Å². The highest BCUT2D eigenvalue weighted by atomic mass is 16.6. The Hall–Kier alpha value is -1.59. The first-order chi connectivity index (χ1) is 12.3. The summed E-state index contributed by atoms with van der Waals surface area (Å²) < 4.78 is 11.1. The van der Waals surface area contributed by atoms with Gasteiger partial charge in [0, 0.05) is 32.2 Å². The monoisotopic (exact) mass is 346 g/mol. The molecule has 1 amide bonds. The molecule has 1 unspecified atom stereocenters. The molecule has 2 fully saturated rings. The molecule has 1 aromatic rings. The van der Waals surface area contributed by atoms with Crippen LogP contribution in [0.25, 0.3) is 0 Å². The van der Waals surface area contributed by atoms with E-state index in [1.54, 1.807) is 0 Å². The van der Waals surface area contributed by atoms with Crippen LogP contribution in [0.4, 0.5) is 4.79 Å². The van der Waals surface area contributed by atoms with Crippen molar-refractivity contribution in [3.05, 3.63) is 35.9 Å². The lowest BCUT2D eigenvalue weighted by Crippen LogP contribution is -2.52. The number of carbonyl (C=O) groups excluding carboxylic acids is 1. The highest BCUT2D eigenvalue weighted by Gasteiger charge is 2.30. The van der Waals surface area contributed by atoms with E-state index < -0.39 is 0 Å². The summed E-state index contributed by atoms with van der Waals surface area (Å²) >= 11 is 0. The van der Waals surface area contributed by atoms with Gasteiger partial charge in [-0.3, -0.25) is 4.90 Å². The van der Waals surface area contributed by atoms with E-state index in [9.17, 15) is 4.79 Å². The normalized spacial score (nSPS) is 22.8. The van der Waals surface area contributed by atoms with Crippen LogP contribution in [0.1, 0.15) is 31.7 Å². The Balaban J connectivity index is 1.43. The molecule has 0 spiro atoms. The van der Waals surface area contributed by atoms with Crippen LogP contribution in [0.3, 0.4) is 0 Å². The standard InChI is InChI=1S/C20H30N2O3/c1-2-24-20(23)21-12-10-18(11-13-21)22-14-15-25-19(16-22)9-8-17-6-4-3-5-7-17/h3-7,18-19H,2,8-16H2,1H3. The van der Waals surface area contributed by atoms with Gasteiger partial charge in [0.1, 0.15) is 0 Å². The minimum absolute atomic E-state index is 0.163. The third-order valence-electron chi connectivity index (χ3n) is 5.27. The van der Waals surface area contributed by atoms with E-state index in [1.165, 1.54) is 5.56 Å². The van der Waals surface area contributed by atoms with Crippen LogP contribution >= 0.6 is 0 Å². The molecule has 0 aliphatic carbocycles. The van der Waals surface area contributed by atoms with Gasteiger partial charge in [-0.1, -0.05) is 30.3 Å². The van der Waals surface area contributed by atoms with Crippen molar-refractivity contribution in [2.75, 3.05) is 39.4 Å². The number of rotatable bonds is 5. The summed E-state index contributed by atoms with van der Waals surface area (Å²) in [5.74, 6) is 0.